The third-order valence-electron chi connectivity index (χ3n) is 2.28. The molecule has 0 saturated heterocycles. The van der Waals surface area contributed by atoms with Crippen LogP contribution in [0.4, 0.5) is 8.78 Å². The van der Waals surface area contributed by atoms with E-state index >= 15 is 0 Å². The number of carbonyl (C=O) groups excluding carboxylic acids is 2. The second-order valence-electron chi connectivity index (χ2n) is 3.90. The third kappa shape index (κ3) is 4.51. The number of Topliss-reactive ketones (excluding diaryl/α,β-unsaturated/α-hetero) is 1. The standard InChI is InChI=1S/C14H13F2NO2/c1-9(18)12-7-11(13(15)8-14(12)16)5-3-4-6-17-10(2)19/h7-8H,4,6H2,1-2H3,(H,17,19). The molecule has 1 N–H and O–H groups in total. The number of amides is 1. The van der Waals surface area contributed by atoms with Crippen LogP contribution < -0.4 is 5.32 Å². The van der Waals surface area contributed by atoms with Crippen LogP contribution in [0.25, 0.3) is 0 Å². The number of rotatable bonds is 3. The van der Waals surface area contributed by atoms with Crippen molar-refractivity contribution in [3.63, 3.8) is 0 Å². The summed E-state index contributed by atoms with van der Waals surface area (Å²) in [7, 11) is 0. The number of nitrogens with one attached hydrogen (secondary N) is 1. The molecule has 0 fully saturated rings. The minimum absolute atomic E-state index is 0.0329. The van der Waals surface area contributed by atoms with Crippen LogP contribution in [0.15, 0.2) is 12.1 Å². The predicted molar refractivity (Wildman–Crippen MR) is 66.5 cm³/mol. The molecule has 0 unspecified atom stereocenters. The van der Waals surface area contributed by atoms with Crippen LogP contribution in [0.3, 0.4) is 0 Å². The van der Waals surface area contributed by atoms with E-state index in [0.717, 1.165) is 6.07 Å². The molecule has 0 radical (unpaired) electrons. The maximum atomic E-state index is 13.4. The van der Waals surface area contributed by atoms with Gasteiger partial charge in [0.2, 0.25) is 5.91 Å². The molecule has 1 aromatic carbocycles. The van der Waals surface area contributed by atoms with Crippen LogP contribution in [0.5, 0.6) is 0 Å². The minimum atomic E-state index is -0.895. The van der Waals surface area contributed by atoms with E-state index in [4.69, 9.17) is 0 Å². The normalized spacial score (nSPS) is 9.47. The molecule has 1 amide bonds. The van der Waals surface area contributed by atoms with Crippen LogP contribution in [-0.4, -0.2) is 18.2 Å². The van der Waals surface area contributed by atoms with Crippen molar-refractivity contribution < 1.29 is 18.4 Å². The highest BCUT2D eigenvalue weighted by Gasteiger charge is 2.11. The number of halogens is 2. The monoisotopic (exact) mass is 265 g/mol. The molecule has 0 aromatic heterocycles. The fourth-order valence-corrected chi connectivity index (χ4v) is 1.37. The van der Waals surface area contributed by atoms with Gasteiger partial charge in [0.1, 0.15) is 11.6 Å². The van der Waals surface area contributed by atoms with E-state index in [9.17, 15) is 18.4 Å². The maximum Gasteiger partial charge on any atom is 0.216 e. The fourth-order valence-electron chi connectivity index (χ4n) is 1.37. The molecule has 100 valence electrons. The lowest BCUT2D eigenvalue weighted by atomic mass is 10.1. The number of hydrogen-bond donors (Lipinski definition) is 1. The van der Waals surface area contributed by atoms with Gasteiger partial charge in [-0.2, -0.15) is 0 Å². The summed E-state index contributed by atoms with van der Waals surface area (Å²) in [5, 5.41) is 2.54. The van der Waals surface area contributed by atoms with E-state index in [0.29, 0.717) is 19.0 Å². The van der Waals surface area contributed by atoms with E-state index in [1.165, 1.54) is 13.8 Å². The number of hydrogen-bond acceptors (Lipinski definition) is 2. The Morgan fingerprint density at radius 2 is 1.89 bits per heavy atom. The van der Waals surface area contributed by atoms with Gasteiger partial charge in [-0.3, -0.25) is 9.59 Å². The van der Waals surface area contributed by atoms with Crippen LogP contribution in [0.1, 0.15) is 36.2 Å². The molecule has 0 bridgehead atoms. The van der Waals surface area contributed by atoms with Crippen LogP contribution >= 0.6 is 0 Å². The first-order valence-corrected chi connectivity index (χ1v) is 5.65. The lowest BCUT2D eigenvalue weighted by molar-refractivity contribution is -0.118. The molecule has 3 nitrogen and oxygen atoms in total. The smallest absolute Gasteiger partial charge is 0.216 e. The van der Waals surface area contributed by atoms with E-state index in [1.54, 1.807) is 0 Å². The zero-order valence-corrected chi connectivity index (χ0v) is 10.6. The van der Waals surface area contributed by atoms with Crippen molar-refractivity contribution in [3.8, 4) is 11.8 Å². The molecule has 5 heteroatoms. The topological polar surface area (TPSA) is 46.2 Å². The SMILES string of the molecule is CC(=O)NCCC#Cc1cc(C(C)=O)c(F)cc1F. The van der Waals surface area contributed by atoms with Gasteiger partial charge in [-0.05, 0) is 13.0 Å². The number of benzene rings is 1. The van der Waals surface area contributed by atoms with E-state index in [1.807, 2.05) is 0 Å². The van der Waals surface area contributed by atoms with Crippen LogP contribution in [0.2, 0.25) is 0 Å². The molecule has 0 heterocycles. The summed E-state index contributed by atoms with van der Waals surface area (Å²) < 4.78 is 26.7. The van der Waals surface area contributed by atoms with Gasteiger partial charge in [0.05, 0.1) is 11.1 Å². The summed E-state index contributed by atoms with van der Waals surface area (Å²) in [5.74, 6) is 2.79. The second-order valence-corrected chi connectivity index (χ2v) is 3.90. The molecular weight excluding hydrogens is 252 g/mol. The fraction of sp³-hybridized carbons (Fsp3) is 0.286. The third-order valence-corrected chi connectivity index (χ3v) is 2.28. The van der Waals surface area contributed by atoms with Gasteiger partial charge >= 0.3 is 0 Å². The van der Waals surface area contributed by atoms with Gasteiger partial charge in [0.15, 0.2) is 5.78 Å². The number of ketones is 1. The highest BCUT2D eigenvalue weighted by Crippen LogP contribution is 2.14. The van der Waals surface area contributed by atoms with Gasteiger partial charge in [-0.25, -0.2) is 8.78 Å². The lowest BCUT2D eigenvalue weighted by Gasteiger charge is -2.01. The van der Waals surface area contributed by atoms with Crippen molar-refractivity contribution in [1.82, 2.24) is 5.32 Å². The van der Waals surface area contributed by atoms with Crippen LogP contribution in [0, 0.1) is 23.5 Å². The Morgan fingerprint density at radius 1 is 1.21 bits per heavy atom. The zero-order valence-electron chi connectivity index (χ0n) is 10.6. The summed E-state index contributed by atoms with van der Waals surface area (Å²) in [5.41, 5.74) is -0.220. The quantitative estimate of drug-likeness (QED) is 0.516. The average Bonchev–Trinajstić information content (AvgIpc) is 2.30. The van der Waals surface area contributed by atoms with Gasteiger partial charge in [0, 0.05) is 26.0 Å². The molecule has 19 heavy (non-hydrogen) atoms. The molecule has 0 spiro atoms. The zero-order chi connectivity index (χ0) is 14.4. The van der Waals surface area contributed by atoms with E-state index < -0.39 is 17.4 Å². The van der Waals surface area contributed by atoms with Crippen molar-refractivity contribution in [2.45, 2.75) is 20.3 Å². The van der Waals surface area contributed by atoms with Gasteiger partial charge in [-0.15, -0.1) is 0 Å². The van der Waals surface area contributed by atoms with E-state index in [2.05, 4.69) is 17.2 Å². The number of carbonyl (C=O) groups is 2. The summed E-state index contributed by atoms with van der Waals surface area (Å²) >= 11 is 0. The summed E-state index contributed by atoms with van der Waals surface area (Å²) in [6, 6.07) is 1.74. The Labute approximate surface area is 110 Å². The Hall–Kier alpha value is -2.22. The largest absolute Gasteiger partial charge is 0.355 e. The van der Waals surface area contributed by atoms with Crippen molar-refractivity contribution in [1.29, 1.82) is 0 Å². The Morgan fingerprint density at radius 3 is 2.47 bits per heavy atom. The Balaban J connectivity index is 2.84. The molecule has 0 aliphatic carbocycles. The maximum absolute atomic E-state index is 13.4. The van der Waals surface area contributed by atoms with Gasteiger partial charge in [0.25, 0.3) is 0 Å². The van der Waals surface area contributed by atoms with Crippen molar-refractivity contribution >= 4 is 11.7 Å². The van der Waals surface area contributed by atoms with Gasteiger partial charge < -0.3 is 5.32 Å². The first kappa shape index (κ1) is 14.8. The molecular formula is C14H13F2NO2. The van der Waals surface area contributed by atoms with Crippen LogP contribution in [-0.2, 0) is 4.79 Å². The summed E-state index contributed by atoms with van der Waals surface area (Å²) in [6.45, 7) is 2.93. The molecule has 0 atom stereocenters. The lowest BCUT2D eigenvalue weighted by Crippen LogP contribution is -2.20. The Kier molecular flexibility index (Phi) is 5.19. The molecule has 0 saturated carbocycles. The van der Waals surface area contributed by atoms with Crippen molar-refractivity contribution in [2.75, 3.05) is 6.54 Å². The highest BCUT2D eigenvalue weighted by atomic mass is 19.1. The molecule has 1 rings (SSSR count). The first-order chi connectivity index (χ1) is 8.91. The summed E-state index contributed by atoms with van der Waals surface area (Å²) in [4.78, 5) is 21.7. The molecule has 0 aliphatic rings. The second kappa shape index (κ2) is 6.64. The predicted octanol–water partition coefficient (Wildman–Crippen LogP) is 2.05. The van der Waals surface area contributed by atoms with E-state index in [-0.39, 0.29) is 17.0 Å². The van der Waals surface area contributed by atoms with Gasteiger partial charge in [-0.1, -0.05) is 11.8 Å². The van der Waals surface area contributed by atoms with Crippen molar-refractivity contribution in [3.05, 3.63) is 34.9 Å². The first-order valence-electron chi connectivity index (χ1n) is 5.65. The Bertz CT molecular complexity index is 571. The molecule has 1 aromatic rings. The molecule has 0 aliphatic heterocycles. The average molecular weight is 265 g/mol. The minimum Gasteiger partial charge on any atom is -0.355 e. The van der Waals surface area contributed by atoms with Crippen molar-refractivity contribution in [2.24, 2.45) is 0 Å². The highest BCUT2D eigenvalue weighted by molar-refractivity contribution is 5.94. The summed E-state index contributed by atoms with van der Waals surface area (Å²) in [6.07, 6.45) is 0.339.